The number of hydrogen-bond acceptors (Lipinski definition) is 8. The Morgan fingerprint density at radius 3 is 2.42 bits per heavy atom. The van der Waals surface area contributed by atoms with Crippen molar-refractivity contribution >= 4 is 0 Å². The fourth-order valence-corrected chi connectivity index (χ4v) is 4.07. The van der Waals surface area contributed by atoms with Gasteiger partial charge in [0.2, 0.25) is 18.0 Å². The van der Waals surface area contributed by atoms with Gasteiger partial charge in [-0.25, -0.2) is 24.3 Å². The van der Waals surface area contributed by atoms with Gasteiger partial charge >= 0.3 is 6.18 Å². The van der Waals surface area contributed by atoms with E-state index in [1.807, 2.05) is 0 Å². The molecule has 0 saturated heterocycles. The van der Waals surface area contributed by atoms with Crippen molar-refractivity contribution in [3.05, 3.63) is 59.9 Å². The quantitative estimate of drug-likeness (QED) is 0.222. The van der Waals surface area contributed by atoms with Gasteiger partial charge in [0.15, 0.2) is 11.5 Å². The molecule has 13 heteroatoms. The van der Waals surface area contributed by atoms with E-state index in [-0.39, 0.29) is 42.2 Å². The first-order valence-corrected chi connectivity index (χ1v) is 12.6. The number of imidazole rings is 1. The Hall–Kier alpha value is -4.29. The summed E-state index contributed by atoms with van der Waals surface area (Å²) in [5, 5.41) is 0. The molecule has 3 aromatic heterocycles. The fraction of sp³-hybridized carbons (Fsp3) is 0.370. The molecule has 40 heavy (non-hydrogen) atoms. The third kappa shape index (κ3) is 5.82. The Morgan fingerprint density at radius 1 is 1.05 bits per heavy atom. The minimum absolute atomic E-state index is 0.0109. The van der Waals surface area contributed by atoms with Gasteiger partial charge in [0.25, 0.3) is 5.88 Å². The number of nitrogens with zero attached hydrogens (tertiary/aromatic N) is 6. The Kier molecular flexibility index (Phi) is 7.55. The van der Waals surface area contributed by atoms with Gasteiger partial charge in [0, 0.05) is 31.1 Å². The van der Waals surface area contributed by atoms with E-state index in [2.05, 4.69) is 24.9 Å². The van der Waals surface area contributed by atoms with Gasteiger partial charge in [-0.1, -0.05) is 31.2 Å². The van der Waals surface area contributed by atoms with Gasteiger partial charge in [0.05, 0.1) is 19.0 Å². The van der Waals surface area contributed by atoms with E-state index in [4.69, 9.17) is 14.2 Å². The summed E-state index contributed by atoms with van der Waals surface area (Å²) in [5.74, 6) is 1.01. The smallest absolute Gasteiger partial charge is 0.434 e. The second kappa shape index (κ2) is 11.1. The molecule has 210 valence electrons. The number of aryl methyl sites for hydroxylation is 1. The summed E-state index contributed by atoms with van der Waals surface area (Å²) in [6.07, 6.45) is -0.357. The Labute approximate surface area is 227 Å². The first-order chi connectivity index (χ1) is 19.2. The SMILES string of the molecule is CCC(F)Oc1cnc(-c2c(OC)ncnc2C2CC2)nc1OCc1ccc(-c2nc(C(F)(F)F)cn2C)cc1. The van der Waals surface area contributed by atoms with Gasteiger partial charge < -0.3 is 18.8 Å². The van der Waals surface area contributed by atoms with Crippen LogP contribution in [0, 0.1) is 0 Å². The summed E-state index contributed by atoms with van der Waals surface area (Å²) in [6.45, 7) is 1.65. The lowest BCUT2D eigenvalue weighted by molar-refractivity contribution is -0.140. The summed E-state index contributed by atoms with van der Waals surface area (Å²) in [5.41, 5.74) is 1.53. The summed E-state index contributed by atoms with van der Waals surface area (Å²) in [6, 6.07) is 6.69. The van der Waals surface area contributed by atoms with Gasteiger partial charge in [-0.05, 0) is 18.4 Å². The zero-order chi connectivity index (χ0) is 28.4. The molecule has 0 bridgehead atoms. The summed E-state index contributed by atoms with van der Waals surface area (Å²) in [7, 11) is 2.99. The number of ether oxygens (including phenoxy) is 3. The normalized spacial score (nSPS) is 14.2. The molecule has 1 aliphatic rings. The van der Waals surface area contributed by atoms with Crippen molar-refractivity contribution in [2.24, 2.45) is 7.05 Å². The van der Waals surface area contributed by atoms with Gasteiger partial charge in [0.1, 0.15) is 24.3 Å². The second-order valence-electron chi connectivity index (χ2n) is 9.26. The highest BCUT2D eigenvalue weighted by Crippen LogP contribution is 2.45. The van der Waals surface area contributed by atoms with Crippen molar-refractivity contribution in [3.63, 3.8) is 0 Å². The number of methoxy groups -OCH3 is 1. The van der Waals surface area contributed by atoms with Crippen LogP contribution in [-0.4, -0.2) is 43.0 Å². The molecular weight excluding hydrogens is 532 g/mol. The van der Waals surface area contributed by atoms with E-state index in [1.165, 1.54) is 31.2 Å². The Bertz CT molecular complexity index is 1490. The summed E-state index contributed by atoms with van der Waals surface area (Å²) < 4.78 is 71.4. The van der Waals surface area contributed by atoms with E-state index < -0.39 is 18.2 Å². The van der Waals surface area contributed by atoms with E-state index in [1.54, 1.807) is 31.2 Å². The molecule has 1 atom stereocenters. The van der Waals surface area contributed by atoms with Crippen LogP contribution in [0.4, 0.5) is 17.6 Å². The Morgan fingerprint density at radius 2 is 1.80 bits per heavy atom. The third-order valence-corrected chi connectivity index (χ3v) is 6.28. The zero-order valence-corrected chi connectivity index (χ0v) is 21.9. The van der Waals surface area contributed by atoms with Crippen molar-refractivity contribution in [2.45, 2.75) is 51.2 Å². The molecule has 9 nitrogen and oxygen atoms in total. The van der Waals surface area contributed by atoms with E-state index in [0.29, 0.717) is 22.6 Å². The van der Waals surface area contributed by atoms with Crippen LogP contribution < -0.4 is 14.2 Å². The van der Waals surface area contributed by atoms with Crippen LogP contribution in [0.25, 0.3) is 22.8 Å². The first kappa shape index (κ1) is 27.3. The number of aromatic nitrogens is 6. The topological polar surface area (TPSA) is 97.1 Å². The standard InChI is InChI=1S/C27H26F4N6O3/c1-4-20(28)40-18-11-32-23(21-22(16-9-10-16)33-14-34-26(21)38-3)36-25(18)39-13-15-5-7-17(8-6-15)24-35-19(12-37(24)2)27(29,30)31/h5-8,11-12,14,16,20H,4,9-10,13H2,1-3H3. The van der Waals surface area contributed by atoms with Crippen LogP contribution in [0.15, 0.2) is 43.0 Å². The lowest BCUT2D eigenvalue weighted by Crippen LogP contribution is -2.11. The fourth-order valence-electron chi connectivity index (χ4n) is 4.07. The minimum Gasteiger partial charge on any atom is -0.480 e. The lowest BCUT2D eigenvalue weighted by atomic mass is 10.1. The number of hydrogen-bond donors (Lipinski definition) is 0. The van der Waals surface area contributed by atoms with Crippen LogP contribution in [0.3, 0.4) is 0 Å². The number of benzene rings is 1. The molecule has 4 aromatic rings. The molecule has 0 spiro atoms. The van der Waals surface area contributed by atoms with Crippen molar-refractivity contribution in [1.82, 2.24) is 29.5 Å². The van der Waals surface area contributed by atoms with Crippen molar-refractivity contribution in [3.8, 4) is 40.3 Å². The zero-order valence-electron chi connectivity index (χ0n) is 21.9. The summed E-state index contributed by atoms with van der Waals surface area (Å²) >= 11 is 0. The van der Waals surface area contributed by atoms with Crippen molar-refractivity contribution in [2.75, 3.05) is 7.11 Å². The molecule has 3 heterocycles. The predicted molar refractivity (Wildman–Crippen MR) is 135 cm³/mol. The van der Waals surface area contributed by atoms with Gasteiger partial charge in [-0.2, -0.15) is 18.2 Å². The second-order valence-corrected chi connectivity index (χ2v) is 9.26. The average Bonchev–Trinajstić information content (AvgIpc) is 3.72. The highest BCUT2D eigenvalue weighted by atomic mass is 19.4. The molecule has 1 aliphatic carbocycles. The van der Waals surface area contributed by atoms with Crippen LogP contribution in [-0.2, 0) is 19.8 Å². The van der Waals surface area contributed by atoms with E-state index >= 15 is 0 Å². The molecule has 1 saturated carbocycles. The van der Waals surface area contributed by atoms with Crippen LogP contribution in [0.1, 0.15) is 49.1 Å². The van der Waals surface area contributed by atoms with Crippen LogP contribution >= 0.6 is 0 Å². The predicted octanol–water partition coefficient (Wildman–Crippen LogP) is 5.90. The van der Waals surface area contributed by atoms with Gasteiger partial charge in [-0.3, -0.25) is 0 Å². The highest BCUT2D eigenvalue weighted by molar-refractivity contribution is 5.66. The van der Waals surface area contributed by atoms with Crippen molar-refractivity contribution < 1.29 is 31.8 Å². The van der Waals surface area contributed by atoms with E-state index in [9.17, 15) is 17.6 Å². The van der Waals surface area contributed by atoms with Crippen LogP contribution in [0.2, 0.25) is 0 Å². The van der Waals surface area contributed by atoms with Crippen molar-refractivity contribution in [1.29, 1.82) is 0 Å². The van der Waals surface area contributed by atoms with E-state index in [0.717, 1.165) is 24.7 Å². The molecule has 1 unspecified atom stereocenters. The monoisotopic (exact) mass is 558 g/mol. The summed E-state index contributed by atoms with van der Waals surface area (Å²) in [4.78, 5) is 21.2. The largest absolute Gasteiger partial charge is 0.480 e. The maximum atomic E-state index is 14.1. The number of halogens is 4. The minimum atomic E-state index is -4.54. The number of alkyl halides is 4. The lowest BCUT2D eigenvalue weighted by Gasteiger charge is -2.16. The molecular formula is C27H26F4N6O3. The molecule has 0 radical (unpaired) electrons. The molecule has 0 aliphatic heterocycles. The molecule has 1 aromatic carbocycles. The van der Waals surface area contributed by atoms with Crippen LogP contribution in [0.5, 0.6) is 17.5 Å². The van der Waals surface area contributed by atoms with Gasteiger partial charge in [-0.15, -0.1) is 0 Å². The molecule has 1 fully saturated rings. The molecule has 5 rings (SSSR count). The third-order valence-electron chi connectivity index (χ3n) is 6.28. The average molecular weight is 559 g/mol. The highest BCUT2D eigenvalue weighted by Gasteiger charge is 2.35. The maximum absolute atomic E-state index is 14.1. The Balaban J connectivity index is 1.41. The number of rotatable bonds is 10. The molecule has 0 amide bonds. The first-order valence-electron chi connectivity index (χ1n) is 12.6. The molecule has 0 N–H and O–H groups in total. The maximum Gasteiger partial charge on any atom is 0.434 e.